The fourth-order valence-electron chi connectivity index (χ4n) is 3.77. The van der Waals surface area contributed by atoms with E-state index in [-0.39, 0.29) is 24.2 Å². The number of amides is 1. The zero-order valence-electron chi connectivity index (χ0n) is 17.0. The molecule has 162 valence electrons. The van der Waals surface area contributed by atoms with E-state index >= 15 is 0 Å². The number of carbonyl (C=O) groups excluding carboxylic acids is 2. The molecule has 0 spiro atoms. The first kappa shape index (κ1) is 21.5. The number of rotatable bonds is 5. The topological polar surface area (TPSA) is 136 Å². The van der Waals surface area contributed by atoms with Crippen LogP contribution in [0.1, 0.15) is 45.6 Å². The number of hydrogen-bond donors (Lipinski definition) is 1. The minimum Gasteiger partial charge on any atom is -0.455 e. The maximum absolute atomic E-state index is 12.6. The Kier molecular flexibility index (Phi) is 6.15. The Morgan fingerprint density at radius 3 is 2.59 bits per heavy atom. The van der Waals surface area contributed by atoms with Gasteiger partial charge in [-0.2, -0.15) is 10.5 Å². The highest BCUT2D eigenvalue weighted by molar-refractivity contribution is 7.82. The molecule has 1 N–H and O–H groups in total. The SMILES string of the molecule is N#Cc1ccc(CS(=O)NC(=O)C2CCN(c3nc4c(cc3C#N)C(=O)OC4)CC2)cc1. The second kappa shape index (κ2) is 9.16. The van der Waals surface area contributed by atoms with E-state index < -0.39 is 17.0 Å². The average molecular weight is 449 g/mol. The summed E-state index contributed by atoms with van der Waals surface area (Å²) in [5, 5.41) is 18.3. The highest BCUT2D eigenvalue weighted by Gasteiger charge is 2.30. The standard InChI is InChI=1S/C22H19N5O4S/c23-10-14-1-3-15(4-2-14)13-32(30)26-21(28)16-5-7-27(8-6-16)20-17(11-24)9-18-19(25-20)12-31-22(18)29/h1-4,9,16H,5-8,12-13H2,(H,26,28). The molecule has 0 radical (unpaired) electrons. The lowest BCUT2D eigenvalue weighted by atomic mass is 9.96. The molecule has 1 fully saturated rings. The van der Waals surface area contributed by atoms with Crippen molar-refractivity contribution in [2.24, 2.45) is 5.92 Å². The Labute approximate surface area is 187 Å². The normalized spacial score (nSPS) is 16.4. The Morgan fingerprint density at radius 1 is 1.22 bits per heavy atom. The highest BCUT2D eigenvalue weighted by atomic mass is 32.2. The van der Waals surface area contributed by atoms with Gasteiger partial charge in [0, 0.05) is 19.0 Å². The van der Waals surface area contributed by atoms with E-state index in [1.807, 2.05) is 11.0 Å². The Balaban J connectivity index is 1.34. The van der Waals surface area contributed by atoms with E-state index in [9.17, 15) is 19.1 Å². The van der Waals surface area contributed by atoms with Gasteiger partial charge in [-0.25, -0.2) is 14.0 Å². The molecular weight excluding hydrogens is 430 g/mol. The Bertz CT molecular complexity index is 1170. The number of benzene rings is 1. The lowest BCUT2D eigenvalue weighted by molar-refractivity contribution is -0.123. The third-order valence-corrected chi connectivity index (χ3v) is 6.55. The van der Waals surface area contributed by atoms with Crippen molar-refractivity contribution < 1.29 is 18.5 Å². The van der Waals surface area contributed by atoms with Gasteiger partial charge in [0.1, 0.15) is 29.5 Å². The molecule has 3 heterocycles. The first-order chi connectivity index (χ1) is 15.5. The van der Waals surface area contributed by atoms with Crippen LogP contribution >= 0.6 is 0 Å². The third-order valence-electron chi connectivity index (χ3n) is 5.52. The number of nitrogens with one attached hydrogen (secondary N) is 1. The van der Waals surface area contributed by atoms with Gasteiger partial charge in [-0.3, -0.25) is 9.52 Å². The molecule has 1 aromatic heterocycles. The Hall–Kier alpha value is -3.76. The number of fused-ring (bicyclic) bond motifs is 1. The number of ether oxygens (including phenoxy) is 1. The summed E-state index contributed by atoms with van der Waals surface area (Å²) in [5.41, 5.74) is 2.43. The van der Waals surface area contributed by atoms with Crippen molar-refractivity contribution in [3.05, 3.63) is 58.3 Å². The second-order valence-electron chi connectivity index (χ2n) is 7.57. The van der Waals surface area contributed by atoms with Crippen molar-refractivity contribution in [2.45, 2.75) is 25.2 Å². The molecule has 2 aromatic rings. The molecule has 2 aliphatic heterocycles. The molecule has 0 bridgehead atoms. The minimum atomic E-state index is -1.56. The first-order valence-electron chi connectivity index (χ1n) is 10.0. The lowest BCUT2D eigenvalue weighted by Gasteiger charge is -2.32. The van der Waals surface area contributed by atoms with Crippen LogP contribution in [0, 0.1) is 28.6 Å². The number of anilines is 1. The molecule has 1 saturated heterocycles. The van der Waals surface area contributed by atoms with Crippen LogP contribution in [-0.4, -0.2) is 34.2 Å². The van der Waals surface area contributed by atoms with Gasteiger partial charge < -0.3 is 9.64 Å². The maximum Gasteiger partial charge on any atom is 0.340 e. The van der Waals surface area contributed by atoms with Gasteiger partial charge >= 0.3 is 5.97 Å². The number of esters is 1. The second-order valence-corrected chi connectivity index (χ2v) is 8.75. The molecule has 1 amide bonds. The van der Waals surface area contributed by atoms with Crippen molar-refractivity contribution in [3.8, 4) is 12.1 Å². The summed E-state index contributed by atoms with van der Waals surface area (Å²) >= 11 is 0. The summed E-state index contributed by atoms with van der Waals surface area (Å²) in [5.74, 6) is -0.367. The van der Waals surface area contributed by atoms with Crippen LogP contribution in [-0.2, 0) is 32.9 Å². The van der Waals surface area contributed by atoms with Crippen molar-refractivity contribution in [3.63, 3.8) is 0 Å². The van der Waals surface area contributed by atoms with E-state index in [0.717, 1.165) is 5.56 Å². The van der Waals surface area contributed by atoms with Crippen molar-refractivity contribution in [1.29, 1.82) is 10.5 Å². The molecule has 0 saturated carbocycles. The van der Waals surface area contributed by atoms with E-state index in [1.54, 1.807) is 24.3 Å². The van der Waals surface area contributed by atoms with Gasteiger partial charge in [0.05, 0.1) is 34.2 Å². The number of nitriles is 2. The number of hydrogen-bond acceptors (Lipinski definition) is 8. The predicted octanol–water partition coefficient (Wildman–Crippen LogP) is 1.69. The monoisotopic (exact) mass is 449 g/mol. The molecule has 2 aliphatic rings. The fraction of sp³-hybridized carbons (Fsp3) is 0.318. The minimum absolute atomic E-state index is 0.0940. The van der Waals surface area contributed by atoms with Gasteiger partial charge in [-0.05, 0) is 36.6 Å². The van der Waals surface area contributed by atoms with E-state index in [0.29, 0.717) is 54.1 Å². The van der Waals surface area contributed by atoms with Gasteiger partial charge in [-0.1, -0.05) is 12.1 Å². The molecule has 1 unspecified atom stereocenters. The molecule has 4 rings (SSSR count). The Morgan fingerprint density at radius 2 is 1.94 bits per heavy atom. The van der Waals surface area contributed by atoms with Crippen LogP contribution in [0.25, 0.3) is 0 Å². The van der Waals surface area contributed by atoms with Crippen LogP contribution in [0.4, 0.5) is 5.82 Å². The van der Waals surface area contributed by atoms with Crippen molar-refractivity contribution in [2.75, 3.05) is 18.0 Å². The summed E-state index contributed by atoms with van der Waals surface area (Å²) < 4.78 is 19.9. The molecule has 0 aliphatic carbocycles. The smallest absolute Gasteiger partial charge is 0.340 e. The van der Waals surface area contributed by atoms with Crippen LogP contribution in [0.15, 0.2) is 30.3 Å². The lowest BCUT2D eigenvalue weighted by Crippen LogP contribution is -2.41. The van der Waals surface area contributed by atoms with Gasteiger partial charge in [-0.15, -0.1) is 0 Å². The number of aromatic nitrogens is 1. The van der Waals surface area contributed by atoms with E-state index in [4.69, 9.17) is 10.00 Å². The van der Waals surface area contributed by atoms with Crippen LogP contribution in [0.2, 0.25) is 0 Å². The number of carbonyl (C=O) groups is 2. The zero-order chi connectivity index (χ0) is 22.7. The summed E-state index contributed by atoms with van der Waals surface area (Å²) in [6.07, 6.45) is 1.05. The fourth-order valence-corrected chi connectivity index (χ4v) is 4.73. The van der Waals surface area contributed by atoms with Crippen LogP contribution in [0.5, 0.6) is 0 Å². The van der Waals surface area contributed by atoms with Crippen molar-refractivity contribution >= 4 is 28.7 Å². The van der Waals surface area contributed by atoms with Gasteiger partial charge in [0.2, 0.25) is 5.91 Å². The quantitative estimate of drug-likeness (QED) is 0.681. The zero-order valence-corrected chi connectivity index (χ0v) is 17.9. The predicted molar refractivity (Wildman–Crippen MR) is 114 cm³/mol. The number of piperidine rings is 1. The number of nitrogens with zero attached hydrogens (tertiary/aromatic N) is 4. The molecule has 10 heteroatoms. The van der Waals surface area contributed by atoms with Crippen molar-refractivity contribution in [1.82, 2.24) is 9.71 Å². The third kappa shape index (κ3) is 4.46. The van der Waals surface area contributed by atoms with Gasteiger partial charge in [0.25, 0.3) is 0 Å². The maximum atomic E-state index is 12.6. The summed E-state index contributed by atoms with van der Waals surface area (Å²) in [6, 6.07) is 12.4. The number of cyclic esters (lactones) is 1. The summed E-state index contributed by atoms with van der Waals surface area (Å²) in [7, 11) is -1.56. The molecular formula is C22H19N5O4S. The largest absolute Gasteiger partial charge is 0.455 e. The molecule has 9 nitrogen and oxygen atoms in total. The number of pyridine rings is 1. The van der Waals surface area contributed by atoms with Crippen LogP contribution in [0.3, 0.4) is 0 Å². The van der Waals surface area contributed by atoms with E-state index in [2.05, 4.69) is 15.8 Å². The van der Waals surface area contributed by atoms with Crippen LogP contribution < -0.4 is 9.62 Å². The van der Waals surface area contributed by atoms with Gasteiger partial charge in [0.15, 0.2) is 0 Å². The molecule has 32 heavy (non-hydrogen) atoms. The molecule has 1 aromatic carbocycles. The van der Waals surface area contributed by atoms with E-state index in [1.165, 1.54) is 6.07 Å². The summed E-state index contributed by atoms with van der Waals surface area (Å²) in [6.45, 7) is 1.11. The molecule has 1 atom stereocenters. The average Bonchev–Trinajstić information content (AvgIpc) is 3.18. The highest BCUT2D eigenvalue weighted by Crippen LogP contribution is 2.29. The summed E-state index contributed by atoms with van der Waals surface area (Å²) in [4.78, 5) is 30.7. The first-order valence-corrected chi connectivity index (χ1v) is 11.3.